The molecule has 0 aliphatic carbocycles. The molecule has 1 aromatic carbocycles. The first kappa shape index (κ1) is 26.1. The zero-order valence-electron chi connectivity index (χ0n) is 19.4. The summed E-state index contributed by atoms with van der Waals surface area (Å²) < 4.78 is 25.7. The third-order valence-electron chi connectivity index (χ3n) is 4.67. The van der Waals surface area contributed by atoms with Crippen LogP contribution in [0.25, 0.3) is 0 Å². The number of carbonyl (C=O) groups excluding carboxylic acids is 3. The Morgan fingerprint density at radius 2 is 1.70 bits per heavy atom. The van der Waals surface area contributed by atoms with Crippen LogP contribution in [0.15, 0.2) is 18.2 Å². The van der Waals surface area contributed by atoms with Crippen LogP contribution in [0, 0.1) is 6.92 Å². The van der Waals surface area contributed by atoms with Gasteiger partial charge >= 0.3 is 11.9 Å². The summed E-state index contributed by atoms with van der Waals surface area (Å²) in [6, 6.07) is 5.43. The second kappa shape index (κ2) is 12.8. The van der Waals surface area contributed by atoms with Gasteiger partial charge in [0.05, 0.1) is 33.0 Å². The highest BCUT2D eigenvalue weighted by atomic mass is 32.1. The number of nitrogens with one attached hydrogen (secondary N) is 1. The Hall–Kier alpha value is -3.11. The molecule has 1 N–H and O–H groups in total. The van der Waals surface area contributed by atoms with Gasteiger partial charge in [-0.2, -0.15) is 0 Å². The highest BCUT2D eigenvalue weighted by Crippen LogP contribution is 2.34. The van der Waals surface area contributed by atoms with E-state index in [9.17, 15) is 14.4 Å². The maximum atomic E-state index is 12.7. The normalized spacial score (nSPS) is 10.5. The fraction of sp³-hybridized carbons (Fsp3) is 0.435. The van der Waals surface area contributed by atoms with Gasteiger partial charge in [-0.3, -0.25) is 4.79 Å². The number of esters is 2. The van der Waals surface area contributed by atoms with E-state index >= 15 is 0 Å². The van der Waals surface area contributed by atoms with Crippen LogP contribution in [-0.2, 0) is 25.4 Å². The molecule has 0 bridgehead atoms. The van der Waals surface area contributed by atoms with Crippen molar-refractivity contribution in [3.63, 3.8) is 0 Å². The number of hydrogen-bond acceptors (Lipinski definition) is 9. The molecule has 2 aromatic rings. The predicted molar refractivity (Wildman–Crippen MR) is 124 cm³/mol. The van der Waals surface area contributed by atoms with E-state index in [2.05, 4.69) is 5.32 Å². The third kappa shape index (κ3) is 6.93. The van der Waals surface area contributed by atoms with Crippen LogP contribution >= 0.6 is 11.3 Å². The van der Waals surface area contributed by atoms with Crippen LogP contribution in [0.2, 0.25) is 0 Å². The van der Waals surface area contributed by atoms with Gasteiger partial charge in [-0.25, -0.2) is 9.59 Å². The fourth-order valence-electron chi connectivity index (χ4n) is 3.01. The number of rotatable bonds is 12. The zero-order valence-corrected chi connectivity index (χ0v) is 20.3. The summed E-state index contributed by atoms with van der Waals surface area (Å²) in [6.07, 6.45) is 0.597. The van der Waals surface area contributed by atoms with Gasteiger partial charge in [0.15, 0.2) is 11.5 Å². The molecule has 0 atom stereocenters. The Kier molecular flexibility index (Phi) is 10.1. The Labute approximate surface area is 196 Å². The number of anilines is 1. The Morgan fingerprint density at radius 3 is 2.33 bits per heavy atom. The van der Waals surface area contributed by atoms with Crippen molar-refractivity contribution < 1.29 is 38.1 Å². The highest BCUT2D eigenvalue weighted by Gasteiger charge is 2.27. The van der Waals surface area contributed by atoms with E-state index in [-0.39, 0.29) is 47.6 Å². The van der Waals surface area contributed by atoms with Crippen molar-refractivity contribution in [1.82, 2.24) is 0 Å². The Bertz CT molecular complexity index is 985. The van der Waals surface area contributed by atoms with Crippen molar-refractivity contribution in [3.8, 4) is 11.5 Å². The molecule has 0 unspecified atom stereocenters. The lowest BCUT2D eigenvalue weighted by Crippen LogP contribution is -2.15. The number of carbonyl (C=O) groups is 3. The first-order valence-electron chi connectivity index (χ1n) is 10.3. The number of methoxy groups -OCH3 is 3. The minimum atomic E-state index is -0.614. The molecule has 2 rings (SSSR count). The summed E-state index contributed by atoms with van der Waals surface area (Å²) in [5.41, 5.74) is 1.44. The maximum Gasteiger partial charge on any atom is 0.348 e. The van der Waals surface area contributed by atoms with Crippen LogP contribution in [0.4, 0.5) is 5.00 Å². The predicted octanol–water partition coefficient (Wildman–Crippen LogP) is 3.62. The lowest BCUT2D eigenvalue weighted by molar-refractivity contribution is -0.116. The van der Waals surface area contributed by atoms with E-state index in [4.69, 9.17) is 23.7 Å². The second-order valence-electron chi connectivity index (χ2n) is 6.85. The van der Waals surface area contributed by atoms with Crippen LogP contribution in [0.5, 0.6) is 11.5 Å². The van der Waals surface area contributed by atoms with Gasteiger partial charge in [0, 0.05) is 13.5 Å². The van der Waals surface area contributed by atoms with Gasteiger partial charge in [0.1, 0.15) is 16.5 Å². The van der Waals surface area contributed by atoms with Crippen molar-refractivity contribution in [2.75, 3.05) is 46.5 Å². The molecule has 33 heavy (non-hydrogen) atoms. The lowest BCUT2D eigenvalue weighted by Gasteiger charge is -2.10. The van der Waals surface area contributed by atoms with E-state index < -0.39 is 11.9 Å². The molecule has 1 aromatic heterocycles. The second-order valence-corrected chi connectivity index (χ2v) is 7.87. The van der Waals surface area contributed by atoms with Crippen LogP contribution in [0.1, 0.15) is 44.5 Å². The molecule has 9 nitrogen and oxygen atoms in total. The summed E-state index contributed by atoms with van der Waals surface area (Å²) in [7, 11) is 4.59. The van der Waals surface area contributed by atoms with Gasteiger partial charge in [-0.15, -0.1) is 11.3 Å². The number of aryl methyl sites for hydroxylation is 1. The molecular weight excluding hydrogens is 450 g/mol. The molecule has 180 valence electrons. The van der Waals surface area contributed by atoms with Crippen molar-refractivity contribution >= 4 is 34.2 Å². The fourth-order valence-corrected chi connectivity index (χ4v) is 4.12. The number of hydrogen-bond donors (Lipinski definition) is 1. The van der Waals surface area contributed by atoms with E-state index in [1.807, 2.05) is 6.07 Å². The molecule has 0 spiro atoms. The summed E-state index contributed by atoms with van der Waals surface area (Å²) in [4.78, 5) is 37.8. The maximum absolute atomic E-state index is 12.7. The summed E-state index contributed by atoms with van der Waals surface area (Å²) >= 11 is 0.983. The molecule has 10 heteroatoms. The molecular formula is C23H29NO8S. The molecule has 0 saturated heterocycles. The SMILES string of the molecule is CCOC(=O)c1c(NC(=O)CCc2ccc(OC)c(OC)c2)sc(C(=O)OCCOC)c1C. The molecule has 0 fully saturated rings. The molecule has 0 aliphatic rings. The average molecular weight is 480 g/mol. The first-order valence-corrected chi connectivity index (χ1v) is 11.1. The minimum absolute atomic E-state index is 0.0778. The number of ether oxygens (including phenoxy) is 5. The standard InChI is InChI=1S/C23H29NO8S/c1-6-31-22(26)19-14(2)20(23(27)32-12-11-28-3)33-21(19)24-18(25)10-8-15-7-9-16(29-4)17(13-15)30-5/h7,9,13H,6,8,10-12H2,1-5H3,(H,24,25). The monoisotopic (exact) mass is 479 g/mol. The lowest BCUT2D eigenvalue weighted by atomic mass is 10.1. The molecule has 1 amide bonds. The van der Waals surface area contributed by atoms with E-state index in [1.54, 1.807) is 40.2 Å². The van der Waals surface area contributed by atoms with Gasteiger partial charge in [-0.05, 0) is 43.5 Å². The molecule has 1 heterocycles. The van der Waals surface area contributed by atoms with Crippen molar-refractivity contribution in [2.24, 2.45) is 0 Å². The van der Waals surface area contributed by atoms with Crippen LogP contribution < -0.4 is 14.8 Å². The van der Waals surface area contributed by atoms with Crippen molar-refractivity contribution in [3.05, 3.63) is 39.8 Å². The number of amides is 1. The van der Waals surface area contributed by atoms with Crippen molar-refractivity contribution in [2.45, 2.75) is 26.7 Å². The van der Waals surface area contributed by atoms with E-state index in [0.29, 0.717) is 23.5 Å². The highest BCUT2D eigenvalue weighted by molar-refractivity contribution is 7.18. The summed E-state index contributed by atoms with van der Waals surface area (Å²) in [5, 5.41) is 3.00. The van der Waals surface area contributed by atoms with Gasteiger partial charge in [0.2, 0.25) is 5.91 Å². The van der Waals surface area contributed by atoms with Gasteiger partial charge < -0.3 is 29.0 Å². The molecule has 0 aliphatic heterocycles. The zero-order chi connectivity index (χ0) is 24.4. The summed E-state index contributed by atoms with van der Waals surface area (Å²) in [5.74, 6) is -0.339. The minimum Gasteiger partial charge on any atom is -0.493 e. The number of benzene rings is 1. The Balaban J connectivity index is 2.17. The van der Waals surface area contributed by atoms with Crippen molar-refractivity contribution in [1.29, 1.82) is 0 Å². The molecule has 0 saturated carbocycles. The van der Waals surface area contributed by atoms with Gasteiger partial charge in [-0.1, -0.05) is 6.07 Å². The summed E-state index contributed by atoms with van der Waals surface area (Å²) in [6.45, 7) is 3.79. The van der Waals surface area contributed by atoms with Crippen LogP contribution in [-0.4, -0.2) is 59.0 Å². The quantitative estimate of drug-likeness (QED) is 0.363. The largest absolute Gasteiger partial charge is 0.493 e. The third-order valence-corrected chi connectivity index (χ3v) is 5.86. The smallest absolute Gasteiger partial charge is 0.348 e. The van der Waals surface area contributed by atoms with E-state index in [1.165, 1.54) is 7.11 Å². The van der Waals surface area contributed by atoms with E-state index in [0.717, 1.165) is 16.9 Å². The number of thiophene rings is 1. The van der Waals surface area contributed by atoms with Gasteiger partial charge in [0.25, 0.3) is 0 Å². The Morgan fingerprint density at radius 1 is 0.970 bits per heavy atom. The average Bonchev–Trinajstić information content (AvgIpc) is 3.13. The first-order chi connectivity index (χ1) is 15.9. The van der Waals surface area contributed by atoms with Crippen LogP contribution in [0.3, 0.4) is 0 Å². The topological polar surface area (TPSA) is 109 Å². The molecule has 0 radical (unpaired) electrons.